The summed E-state index contributed by atoms with van der Waals surface area (Å²) in [5, 5.41) is 3.00. The molecule has 21 heavy (non-hydrogen) atoms. The molecule has 108 valence electrons. The second-order valence-corrected chi connectivity index (χ2v) is 4.16. The summed E-state index contributed by atoms with van der Waals surface area (Å²) in [6.45, 7) is 0. The molecule has 0 fully saturated rings. The lowest BCUT2D eigenvalue weighted by molar-refractivity contribution is 0.102. The molecule has 0 aliphatic heterocycles. The van der Waals surface area contributed by atoms with Gasteiger partial charge in [-0.3, -0.25) is 4.79 Å². The van der Waals surface area contributed by atoms with Gasteiger partial charge in [-0.25, -0.2) is 14.8 Å². The van der Waals surface area contributed by atoms with Crippen LogP contribution in [0, 0.1) is 0 Å². The molecule has 2 rings (SSSR count). The van der Waals surface area contributed by atoms with Crippen molar-refractivity contribution in [3.8, 4) is 5.88 Å². The molecule has 1 amide bonds. The van der Waals surface area contributed by atoms with Crippen molar-refractivity contribution in [2.45, 2.75) is 0 Å². The SMILES string of the molecule is COC(=O)Oc1nccnc1NC(=O)c1ccc(Cl)cc1. The quantitative estimate of drug-likeness (QED) is 0.876. The van der Waals surface area contributed by atoms with E-state index in [1.807, 2.05) is 0 Å². The summed E-state index contributed by atoms with van der Waals surface area (Å²) in [6, 6.07) is 6.27. The van der Waals surface area contributed by atoms with Gasteiger partial charge in [0.25, 0.3) is 11.8 Å². The lowest BCUT2D eigenvalue weighted by atomic mass is 10.2. The zero-order valence-electron chi connectivity index (χ0n) is 10.9. The first-order valence-corrected chi connectivity index (χ1v) is 6.11. The number of hydrogen-bond acceptors (Lipinski definition) is 6. The molecular formula is C13H10ClN3O4. The number of ether oxygens (including phenoxy) is 2. The van der Waals surface area contributed by atoms with Gasteiger partial charge >= 0.3 is 6.16 Å². The number of aromatic nitrogens is 2. The molecular weight excluding hydrogens is 298 g/mol. The average Bonchev–Trinajstić information content (AvgIpc) is 2.49. The summed E-state index contributed by atoms with van der Waals surface area (Å²) < 4.78 is 9.14. The van der Waals surface area contributed by atoms with Gasteiger partial charge in [0.1, 0.15) is 0 Å². The summed E-state index contributed by atoms with van der Waals surface area (Å²) in [6.07, 6.45) is 1.70. The van der Waals surface area contributed by atoms with Gasteiger partial charge in [0, 0.05) is 23.0 Å². The van der Waals surface area contributed by atoms with Crippen molar-refractivity contribution in [2.24, 2.45) is 0 Å². The van der Waals surface area contributed by atoms with E-state index in [1.54, 1.807) is 24.3 Å². The van der Waals surface area contributed by atoms with Gasteiger partial charge in [-0.05, 0) is 24.3 Å². The van der Waals surface area contributed by atoms with Crippen LogP contribution in [0.4, 0.5) is 10.6 Å². The van der Waals surface area contributed by atoms with Crippen LogP contribution in [0.15, 0.2) is 36.7 Å². The summed E-state index contributed by atoms with van der Waals surface area (Å²) in [5.41, 5.74) is 0.370. The molecule has 1 aromatic heterocycles. The number of nitrogens with one attached hydrogen (secondary N) is 1. The monoisotopic (exact) mass is 307 g/mol. The van der Waals surface area contributed by atoms with Crippen molar-refractivity contribution >= 4 is 29.5 Å². The minimum atomic E-state index is -0.961. The van der Waals surface area contributed by atoms with Crippen LogP contribution in [-0.2, 0) is 4.74 Å². The van der Waals surface area contributed by atoms with Crippen molar-refractivity contribution in [2.75, 3.05) is 12.4 Å². The summed E-state index contributed by atoms with van der Waals surface area (Å²) in [7, 11) is 1.16. The van der Waals surface area contributed by atoms with Gasteiger partial charge in [0.05, 0.1) is 7.11 Å². The first-order valence-electron chi connectivity index (χ1n) is 5.74. The molecule has 0 atom stereocenters. The fraction of sp³-hybridized carbons (Fsp3) is 0.0769. The van der Waals surface area contributed by atoms with Crippen LogP contribution in [0.1, 0.15) is 10.4 Å². The van der Waals surface area contributed by atoms with Gasteiger partial charge in [0.2, 0.25) is 0 Å². The zero-order valence-corrected chi connectivity index (χ0v) is 11.6. The normalized spacial score (nSPS) is 9.81. The van der Waals surface area contributed by atoms with E-state index in [4.69, 9.17) is 16.3 Å². The van der Waals surface area contributed by atoms with E-state index in [0.717, 1.165) is 7.11 Å². The van der Waals surface area contributed by atoms with E-state index in [2.05, 4.69) is 20.0 Å². The highest BCUT2D eigenvalue weighted by molar-refractivity contribution is 6.30. The minimum absolute atomic E-state index is 0.00264. The Morgan fingerprint density at radius 3 is 2.48 bits per heavy atom. The number of hydrogen-bond donors (Lipinski definition) is 1. The number of halogens is 1. The van der Waals surface area contributed by atoms with Gasteiger partial charge < -0.3 is 14.8 Å². The highest BCUT2D eigenvalue weighted by Crippen LogP contribution is 2.19. The summed E-state index contributed by atoms with van der Waals surface area (Å²) >= 11 is 5.75. The van der Waals surface area contributed by atoms with E-state index >= 15 is 0 Å². The Balaban J connectivity index is 2.17. The van der Waals surface area contributed by atoms with Gasteiger partial charge in [-0.2, -0.15) is 0 Å². The number of carbonyl (C=O) groups is 2. The summed E-state index contributed by atoms with van der Waals surface area (Å²) in [5.74, 6) is -0.601. The highest BCUT2D eigenvalue weighted by Gasteiger charge is 2.15. The molecule has 8 heteroatoms. The van der Waals surface area contributed by atoms with E-state index in [0.29, 0.717) is 10.6 Å². The smallest absolute Gasteiger partial charge is 0.437 e. The number of methoxy groups -OCH3 is 1. The molecule has 0 aliphatic rings. The highest BCUT2D eigenvalue weighted by atomic mass is 35.5. The standard InChI is InChI=1S/C13H10ClN3O4/c1-20-13(19)21-12-10(15-6-7-16-12)17-11(18)8-2-4-9(14)5-3-8/h2-7H,1H3,(H,15,17,18). The minimum Gasteiger partial charge on any atom is -0.437 e. The molecule has 0 bridgehead atoms. The molecule has 2 aromatic rings. The summed E-state index contributed by atoms with van der Waals surface area (Å²) in [4.78, 5) is 30.8. The van der Waals surface area contributed by atoms with Crippen LogP contribution in [0.5, 0.6) is 5.88 Å². The third-order valence-electron chi connectivity index (χ3n) is 2.35. The van der Waals surface area contributed by atoms with Gasteiger partial charge in [-0.1, -0.05) is 11.6 Å². The Morgan fingerprint density at radius 1 is 1.14 bits per heavy atom. The molecule has 0 saturated heterocycles. The Kier molecular flexibility index (Phi) is 4.68. The fourth-order valence-electron chi connectivity index (χ4n) is 1.39. The number of amides is 1. The topological polar surface area (TPSA) is 90.4 Å². The van der Waals surface area contributed by atoms with Crippen LogP contribution >= 0.6 is 11.6 Å². The van der Waals surface area contributed by atoms with Crippen LogP contribution in [0.25, 0.3) is 0 Å². The molecule has 1 heterocycles. The predicted octanol–water partition coefficient (Wildman–Crippen LogP) is 2.53. The molecule has 0 saturated carbocycles. The molecule has 7 nitrogen and oxygen atoms in total. The van der Waals surface area contributed by atoms with Crippen molar-refractivity contribution in [3.05, 3.63) is 47.2 Å². The Morgan fingerprint density at radius 2 is 1.81 bits per heavy atom. The lowest BCUT2D eigenvalue weighted by Gasteiger charge is -2.08. The Bertz CT molecular complexity index is 661. The van der Waals surface area contributed by atoms with E-state index in [-0.39, 0.29) is 11.7 Å². The molecule has 0 spiro atoms. The Hall–Kier alpha value is -2.67. The average molecular weight is 308 g/mol. The van der Waals surface area contributed by atoms with Crippen LogP contribution in [0.2, 0.25) is 5.02 Å². The van der Waals surface area contributed by atoms with Crippen LogP contribution in [0.3, 0.4) is 0 Å². The van der Waals surface area contributed by atoms with Crippen molar-refractivity contribution in [1.29, 1.82) is 0 Å². The van der Waals surface area contributed by atoms with E-state index in [1.165, 1.54) is 12.4 Å². The Labute approximate surface area is 124 Å². The number of nitrogens with zero attached hydrogens (tertiary/aromatic N) is 2. The number of carbonyl (C=O) groups excluding carboxylic acids is 2. The fourth-order valence-corrected chi connectivity index (χ4v) is 1.51. The van der Waals surface area contributed by atoms with Crippen LogP contribution in [-0.4, -0.2) is 29.1 Å². The van der Waals surface area contributed by atoms with Gasteiger partial charge in [0.15, 0.2) is 5.82 Å². The van der Waals surface area contributed by atoms with Gasteiger partial charge in [-0.15, -0.1) is 0 Å². The predicted molar refractivity (Wildman–Crippen MR) is 74.5 cm³/mol. The zero-order chi connectivity index (χ0) is 15.2. The maximum absolute atomic E-state index is 12.0. The van der Waals surface area contributed by atoms with E-state index < -0.39 is 12.1 Å². The number of benzene rings is 1. The van der Waals surface area contributed by atoms with E-state index in [9.17, 15) is 9.59 Å². The van der Waals surface area contributed by atoms with Crippen molar-refractivity contribution < 1.29 is 19.1 Å². The number of anilines is 1. The second kappa shape index (κ2) is 6.67. The molecule has 0 radical (unpaired) electrons. The van der Waals surface area contributed by atoms with Crippen molar-refractivity contribution in [3.63, 3.8) is 0 Å². The largest absolute Gasteiger partial charge is 0.515 e. The lowest BCUT2D eigenvalue weighted by Crippen LogP contribution is -2.16. The number of rotatable bonds is 3. The molecule has 1 N–H and O–H groups in total. The first-order chi connectivity index (χ1) is 10.1. The second-order valence-electron chi connectivity index (χ2n) is 3.73. The third kappa shape index (κ3) is 3.90. The van der Waals surface area contributed by atoms with Crippen LogP contribution < -0.4 is 10.1 Å². The maximum atomic E-state index is 12.0. The third-order valence-corrected chi connectivity index (χ3v) is 2.60. The first kappa shape index (κ1) is 14.7. The van der Waals surface area contributed by atoms with Crippen molar-refractivity contribution in [1.82, 2.24) is 9.97 Å². The molecule has 0 aliphatic carbocycles. The maximum Gasteiger partial charge on any atom is 0.515 e. The molecule has 0 unspecified atom stereocenters. The molecule has 1 aromatic carbocycles.